The summed E-state index contributed by atoms with van der Waals surface area (Å²) in [6, 6.07) is 14.2. The molecule has 2 aromatic carbocycles. The van der Waals surface area contributed by atoms with Crippen LogP contribution in [0.4, 0.5) is 10.5 Å². The van der Waals surface area contributed by atoms with E-state index in [2.05, 4.69) is 10.4 Å². The van der Waals surface area contributed by atoms with Gasteiger partial charge in [-0.3, -0.25) is 14.8 Å². The lowest BCUT2D eigenvalue weighted by atomic mass is 10.2. The summed E-state index contributed by atoms with van der Waals surface area (Å²) < 4.78 is 11.9. The van der Waals surface area contributed by atoms with Gasteiger partial charge in [0.05, 0.1) is 13.3 Å². The summed E-state index contributed by atoms with van der Waals surface area (Å²) in [4.78, 5) is 26.3. The molecule has 9 heteroatoms. The highest BCUT2D eigenvalue weighted by molar-refractivity contribution is 6.30. The molecule has 0 aliphatic carbocycles. The van der Waals surface area contributed by atoms with Crippen molar-refractivity contribution < 1.29 is 19.1 Å². The number of aryl methyl sites for hydroxylation is 1. The number of hydrogen-bond donors (Lipinski definition) is 1. The van der Waals surface area contributed by atoms with Crippen molar-refractivity contribution in [1.29, 1.82) is 0 Å². The fourth-order valence-electron chi connectivity index (χ4n) is 2.91. The van der Waals surface area contributed by atoms with Crippen LogP contribution in [0.5, 0.6) is 5.75 Å². The predicted molar refractivity (Wildman–Crippen MR) is 117 cm³/mol. The van der Waals surface area contributed by atoms with Gasteiger partial charge in [-0.2, -0.15) is 5.10 Å². The first-order chi connectivity index (χ1) is 14.9. The van der Waals surface area contributed by atoms with Gasteiger partial charge in [0.1, 0.15) is 6.61 Å². The zero-order chi connectivity index (χ0) is 22.4. The third kappa shape index (κ3) is 5.76. The Morgan fingerprint density at radius 1 is 1.10 bits per heavy atom. The molecule has 0 saturated heterocycles. The molecule has 1 N–H and O–H groups in total. The van der Waals surface area contributed by atoms with Gasteiger partial charge in [0, 0.05) is 31.4 Å². The van der Waals surface area contributed by atoms with E-state index in [9.17, 15) is 9.59 Å². The van der Waals surface area contributed by atoms with Gasteiger partial charge in [-0.05, 0) is 35.4 Å². The normalized spacial score (nSPS) is 10.5. The molecular weight excluding hydrogens is 420 g/mol. The zero-order valence-electron chi connectivity index (χ0n) is 17.5. The number of benzene rings is 2. The molecule has 0 radical (unpaired) electrons. The molecule has 2 amide bonds. The minimum Gasteiger partial charge on any atom is -0.493 e. The van der Waals surface area contributed by atoms with Gasteiger partial charge in [-0.25, -0.2) is 4.79 Å². The summed E-state index contributed by atoms with van der Waals surface area (Å²) >= 11 is 5.84. The van der Waals surface area contributed by atoms with Gasteiger partial charge < -0.3 is 14.4 Å². The van der Waals surface area contributed by atoms with Crippen LogP contribution >= 0.6 is 11.6 Å². The quantitative estimate of drug-likeness (QED) is 0.595. The molecule has 1 aromatic heterocycles. The smallest absolute Gasteiger partial charge is 0.411 e. The van der Waals surface area contributed by atoms with E-state index in [1.54, 1.807) is 55.4 Å². The van der Waals surface area contributed by atoms with Crippen LogP contribution in [0.25, 0.3) is 0 Å². The maximum atomic E-state index is 12.7. The Morgan fingerprint density at radius 3 is 2.39 bits per heavy atom. The summed E-state index contributed by atoms with van der Waals surface area (Å²) in [6.07, 6.45) is 0.950. The van der Waals surface area contributed by atoms with Crippen LogP contribution in [0, 0.1) is 0 Å². The molecule has 3 aromatic rings. The average Bonchev–Trinajstić information content (AvgIpc) is 3.14. The van der Waals surface area contributed by atoms with Crippen LogP contribution in [0.3, 0.4) is 0 Å². The topological polar surface area (TPSA) is 85.7 Å². The van der Waals surface area contributed by atoms with E-state index in [0.29, 0.717) is 28.7 Å². The Hall–Kier alpha value is -3.52. The number of rotatable bonds is 7. The monoisotopic (exact) mass is 442 g/mol. The molecule has 0 aliphatic heterocycles. The maximum Gasteiger partial charge on any atom is 0.411 e. The van der Waals surface area contributed by atoms with E-state index < -0.39 is 6.09 Å². The third-order valence-corrected chi connectivity index (χ3v) is 4.83. The molecule has 3 rings (SSSR count). The van der Waals surface area contributed by atoms with Crippen molar-refractivity contribution in [3.8, 4) is 5.75 Å². The molecule has 0 fully saturated rings. The highest BCUT2D eigenvalue weighted by Gasteiger charge is 2.21. The Balaban J connectivity index is 1.53. The second-order valence-corrected chi connectivity index (χ2v) is 7.31. The summed E-state index contributed by atoms with van der Waals surface area (Å²) in [5.74, 6) is 0.223. The average molecular weight is 443 g/mol. The predicted octanol–water partition coefficient (Wildman–Crippen LogP) is 4.10. The first-order valence-corrected chi connectivity index (χ1v) is 9.83. The lowest BCUT2D eigenvalue weighted by Gasteiger charge is -2.18. The number of carbonyl (C=O) groups excluding carboxylic acids is 2. The summed E-state index contributed by atoms with van der Waals surface area (Å²) in [6.45, 7) is 0.528. The van der Waals surface area contributed by atoms with Crippen LogP contribution < -0.4 is 10.1 Å². The molecule has 0 bridgehead atoms. The molecule has 0 aliphatic rings. The molecular formula is C22H23ClN4O4. The molecule has 162 valence electrons. The van der Waals surface area contributed by atoms with Crippen molar-refractivity contribution >= 4 is 29.3 Å². The molecule has 0 atom stereocenters. The van der Waals surface area contributed by atoms with Crippen LogP contribution in [-0.2, 0) is 24.9 Å². The van der Waals surface area contributed by atoms with Gasteiger partial charge in [0.15, 0.2) is 11.4 Å². The third-order valence-electron chi connectivity index (χ3n) is 4.58. The fraction of sp³-hybridized carbons (Fsp3) is 0.227. The minimum atomic E-state index is -0.557. The molecule has 0 unspecified atom stereocenters. The number of hydrogen-bond acceptors (Lipinski definition) is 5. The van der Waals surface area contributed by atoms with E-state index >= 15 is 0 Å². The van der Waals surface area contributed by atoms with E-state index in [0.717, 1.165) is 11.1 Å². The molecule has 1 heterocycles. The second-order valence-electron chi connectivity index (χ2n) is 6.87. The van der Waals surface area contributed by atoms with Gasteiger partial charge in [-0.1, -0.05) is 35.9 Å². The Labute approximate surface area is 185 Å². The van der Waals surface area contributed by atoms with Gasteiger partial charge in [0.25, 0.3) is 5.91 Å². The van der Waals surface area contributed by atoms with E-state index in [1.807, 2.05) is 12.1 Å². The lowest BCUT2D eigenvalue weighted by molar-refractivity contribution is 0.0770. The number of aromatic nitrogens is 2. The van der Waals surface area contributed by atoms with Crippen LogP contribution in [0.15, 0.2) is 54.7 Å². The number of halogens is 1. The van der Waals surface area contributed by atoms with Crippen molar-refractivity contribution in [3.05, 3.63) is 76.6 Å². The fourth-order valence-corrected chi connectivity index (χ4v) is 3.04. The van der Waals surface area contributed by atoms with Crippen molar-refractivity contribution in [2.24, 2.45) is 7.05 Å². The Kier molecular flexibility index (Phi) is 7.15. The van der Waals surface area contributed by atoms with E-state index in [1.165, 1.54) is 18.0 Å². The molecule has 31 heavy (non-hydrogen) atoms. The van der Waals surface area contributed by atoms with Crippen LogP contribution in [0.2, 0.25) is 5.02 Å². The summed E-state index contributed by atoms with van der Waals surface area (Å²) in [7, 11) is 4.89. The second kappa shape index (κ2) is 9.99. The minimum absolute atomic E-state index is 0.144. The Bertz CT molecular complexity index is 1050. The standard InChI is InChI=1S/C22H23ClN4O4/c1-26(21(28)20-19(30-3)12-24-27(20)2)13-15-6-10-18(11-7-15)25-22(29)31-14-16-4-8-17(23)9-5-16/h4-12H,13-14H2,1-3H3,(H,25,29). The number of methoxy groups -OCH3 is 1. The van der Waals surface area contributed by atoms with Crippen LogP contribution in [-0.4, -0.2) is 40.8 Å². The number of ether oxygens (including phenoxy) is 2. The molecule has 8 nitrogen and oxygen atoms in total. The molecule has 0 spiro atoms. The summed E-state index contributed by atoms with van der Waals surface area (Å²) in [5.41, 5.74) is 2.71. The van der Waals surface area contributed by atoms with Gasteiger partial charge in [-0.15, -0.1) is 0 Å². The number of carbonyl (C=O) groups is 2. The lowest BCUT2D eigenvalue weighted by Crippen LogP contribution is -2.28. The zero-order valence-corrected chi connectivity index (χ0v) is 18.2. The molecule has 0 saturated carbocycles. The largest absolute Gasteiger partial charge is 0.493 e. The highest BCUT2D eigenvalue weighted by atomic mass is 35.5. The number of nitrogens with one attached hydrogen (secondary N) is 1. The Morgan fingerprint density at radius 2 is 1.74 bits per heavy atom. The highest BCUT2D eigenvalue weighted by Crippen LogP contribution is 2.19. The van der Waals surface area contributed by atoms with E-state index in [-0.39, 0.29) is 12.5 Å². The number of amides is 2. The maximum absolute atomic E-state index is 12.7. The number of anilines is 1. The van der Waals surface area contributed by atoms with Crippen LogP contribution in [0.1, 0.15) is 21.6 Å². The SMILES string of the molecule is COc1cnn(C)c1C(=O)N(C)Cc1ccc(NC(=O)OCc2ccc(Cl)cc2)cc1. The first kappa shape index (κ1) is 22.2. The van der Waals surface area contributed by atoms with Gasteiger partial charge >= 0.3 is 6.09 Å². The van der Waals surface area contributed by atoms with Crippen molar-refractivity contribution in [3.63, 3.8) is 0 Å². The first-order valence-electron chi connectivity index (χ1n) is 9.46. The number of nitrogens with zero attached hydrogens (tertiary/aromatic N) is 3. The van der Waals surface area contributed by atoms with E-state index in [4.69, 9.17) is 21.1 Å². The van der Waals surface area contributed by atoms with Gasteiger partial charge in [0.2, 0.25) is 0 Å². The van der Waals surface area contributed by atoms with Crippen molar-refractivity contribution in [2.45, 2.75) is 13.2 Å². The summed E-state index contributed by atoms with van der Waals surface area (Å²) in [5, 5.41) is 7.36. The van der Waals surface area contributed by atoms with Crippen molar-refractivity contribution in [2.75, 3.05) is 19.5 Å². The van der Waals surface area contributed by atoms with Crippen molar-refractivity contribution in [1.82, 2.24) is 14.7 Å².